The molecule has 0 aromatic carbocycles. The number of carbonyl (C=O) groups excluding carboxylic acids is 1. The Morgan fingerprint density at radius 1 is 1.45 bits per heavy atom. The summed E-state index contributed by atoms with van der Waals surface area (Å²) < 4.78 is 22.6. The van der Waals surface area contributed by atoms with E-state index in [0.29, 0.717) is 6.42 Å². The maximum Gasteiger partial charge on any atom is 0.234 e. The zero-order valence-corrected chi connectivity index (χ0v) is 7.81. The molecule has 66 valence electrons. The van der Waals surface area contributed by atoms with Crippen LogP contribution in [0.5, 0.6) is 0 Å². The molecule has 0 saturated heterocycles. The molecule has 0 N–H and O–H groups in total. The lowest BCUT2D eigenvalue weighted by molar-refractivity contribution is -0.124. The molecule has 0 atom stereocenters. The van der Waals surface area contributed by atoms with Crippen molar-refractivity contribution in [3.8, 4) is 0 Å². The van der Waals surface area contributed by atoms with Gasteiger partial charge >= 0.3 is 0 Å². The topological polar surface area (TPSA) is 54.5 Å². The average molecular weight is 179 g/mol. The molecule has 0 radical (unpaired) electrons. The van der Waals surface area contributed by atoms with Gasteiger partial charge in [0.2, 0.25) is 15.9 Å². The van der Waals surface area contributed by atoms with E-state index in [1.807, 2.05) is 6.92 Å². The van der Waals surface area contributed by atoms with Gasteiger partial charge in [0.15, 0.2) is 0 Å². The molecule has 0 rings (SSSR count). The Kier molecular flexibility index (Phi) is 3.51. The van der Waals surface area contributed by atoms with Crippen molar-refractivity contribution in [2.75, 3.05) is 12.8 Å². The summed E-state index contributed by atoms with van der Waals surface area (Å²) in [6.45, 7) is 3.34. The Bertz CT molecular complexity index is 232. The average Bonchev–Trinajstić information content (AvgIpc) is 1.79. The first-order valence-electron chi connectivity index (χ1n) is 3.38. The number of amides is 1. The summed E-state index contributed by atoms with van der Waals surface area (Å²) in [4.78, 5) is 10.7. The molecule has 5 heteroatoms. The van der Waals surface area contributed by atoms with Crippen molar-refractivity contribution in [1.29, 1.82) is 0 Å². The van der Waals surface area contributed by atoms with Gasteiger partial charge in [-0.15, -0.1) is 0 Å². The Balaban J connectivity index is 4.49. The van der Waals surface area contributed by atoms with Crippen LogP contribution in [-0.2, 0) is 14.8 Å². The maximum absolute atomic E-state index is 10.9. The SMILES string of the molecule is CCCN(C(C)=O)S(C)(=O)=O. The van der Waals surface area contributed by atoms with Gasteiger partial charge in [-0.1, -0.05) is 6.92 Å². The van der Waals surface area contributed by atoms with Gasteiger partial charge < -0.3 is 0 Å². The Morgan fingerprint density at radius 2 is 1.91 bits per heavy atom. The van der Waals surface area contributed by atoms with E-state index >= 15 is 0 Å². The van der Waals surface area contributed by atoms with Crippen molar-refractivity contribution in [3.63, 3.8) is 0 Å². The first-order chi connectivity index (χ1) is 4.89. The second-order valence-electron chi connectivity index (χ2n) is 2.35. The van der Waals surface area contributed by atoms with E-state index in [2.05, 4.69) is 0 Å². The standard InChI is InChI=1S/C6H13NO3S/c1-4-5-7(6(2)8)11(3,9)10/h4-5H2,1-3H3. The Labute approximate surface area is 67.2 Å². The van der Waals surface area contributed by atoms with Crippen molar-refractivity contribution in [1.82, 2.24) is 4.31 Å². The molecule has 0 heterocycles. The summed E-state index contributed by atoms with van der Waals surface area (Å²) in [5.41, 5.74) is 0. The first kappa shape index (κ1) is 10.4. The molecule has 11 heavy (non-hydrogen) atoms. The molecule has 0 bridgehead atoms. The lowest BCUT2D eigenvalue weighted by Crippen LogP contribution is -2.34. The van der Waals surface area contributed by atoms with E-state index in [1.54, 1.807) is 0 Å². The minimum absolute atomic E-state index is 0.272. The summed E-state index contributed by atoms with van der Waals surface area (Å²) in [6, 6.07) is 0. The highest BCUT2D eigenvalue weighted by atomic mass is 32.2. The van der Waals surface area contributed by atoms with E-state index in [0.717, 1.165) is 10.6 Å². The second-order valence-corrected chi connectivity index (χ2v) is 4.26. The Morgan fingerprint density at radius 3 is 2.00 bits per heavy atom. The quantitative estimate of drug-likeness (QED) is 0.622. The molecular weight excluding hydrogens is 166 g/mol. The van der Waals surface area contributed by atoms with Gasteiger partial charge in [-0.05, 0) is 6.42 Å². The van der Waals surface area contributed by atoms with Crippen LogP contribution in [-0.4, -0.2) is 31.4 Å². The third kappa shape index (κ3) is 3.36. The van der Waals surface area contributed by atoms with Crippen LogP contribution in [0, 0.1) is 0 Å². The summed E-state index contributed by atoms with van der Waals surface area (Å²) >= 11 is 0. The number of hydrogen-bond donors (Lipinski definition) is 0. The van der Waals surface area contributed by atoms with Gasteiger partial charge in [0, 0.05) is 13.5 Å². The molecule has 0 saturated carbocycles. The van der Waals surface area contributed by atoms with Crippen LogP contribution in [0.3, 0.4) is 0 Å². The molecule has 0 aliphatic heterocycles. The number of nitrogens with zero attached hydrogens (tertiary/aromatic N) is 1. The molecule has 4 nitrogen and oxygen atoms in total. The zero-order valence-electron chi connectivity index (χ0n) is 6.99. The lowest BCUT2D eigenvalue weighted by Gasteiger charge is -2.16. The first-order valence-corrected chi connectivity index (χ1v) is 5.22. The van der Waals surface area contributed by atoms with Crippen LogP contribution in [0.15, 0.2) is 0 Å². The normalized spacial score (nSPS) is 11.2. The lowest BCUT2D eigenvalue weighted by atomic mass is 10.5. The fourth-order valence-electron chi connectivity index (χ4n) is 0.760. The van der Waals surface area contributed by atoms with Gasteiger partial charge in [-0.3, -0.25) is 4.79 Å². The van der Waals surface area contributed by atoms with E-state index < -0.39 is 15.9 Å². The molecule has 0 aliphatic rings. The largest absolute Gasteiger partial charge is 0.274 e. The molecule has 1 amide bonds. The van der Waals surface area contributed by atoms with Crippen molar-refractivity contribution < 1.29 is 13.2 Å². The molecule has 0 fully saturated rings. The summed E-state index contributed by atoms with van der Waals surface area (Å²) in [5.74, 6) is -0.422. The monoisotopic (exact) mass is 179 g/mol. The van der Waals surface area contributed by atoms with E-state index in [-0.39, 0.29) is 6.54 Å². The highest BCUT2D eigenvalue weighted by Crippen LogP contribution is 1.99. The van der Waals surface area contributed by atoms with Crippen molar-refractivity contribution in [3.05, 3.63) is 0 Å². The molecule has 0 aromatic rings. The van der Waals surface area contributed by atoms with Gasteiger partial charge in [0.05, 0.1) is 6.26 Å². The Hall–Kier alpha value is -0.580. The van der Waals surface area contributed by atoms with Crippen LogP contribution >= 0.6 is 0 Å². The number of carbonyl (C=O) groups is 1. The van der Waals surface area contributed by atoms with Crippen LogP contribution in [0.4, 0.5) is 0 Å². The van der Waals surface area contributed by atoms with Crippen LogP contribution in [0.1, 0.15) is 20.3 Å². The fraction of sp³-hybridized carbons (Fsp3) is 0.833. The highest BCUT2D eigenvalue weighted by molar-refractivity contribution is 7.88. The summed E-state index contributed by atoms with van der Waals surface area (Å²) in [7, 11) is -3.34. The molecule has 0 aliphatic carbocycles. The van der Waals surface area contributed by atoms with Crippen LogP contribution in [0.2, 0.25) is 0 Å². The van der Waals surface area contributed by atoms with E-state index in [9.17, 15) is 13.2 Å². The molecule has 0 aromatic heterocycles. The van der Waals surface area contributed by atoms with Crippen LogP contribution in [0.25, 0.3) is 0 Å². The molecular formula is C6H13NO3S. The third-order valence-electron chi connectivity index (χ3n) is 1.18. The fourth-order valence-corrected chi connectivity index (χ4v) is 1.74. The van der Waals surface area contributed by atoms with E-state index in [1.165, 1.54) is 6.92 Å². The van der Waals surface area contributed by atoms with Gasteiger partial charge in [0.25, 0.3) is 0 Å². The summed E-state index contributed by atoms with van der Waals surface area (Å²) in [5, 5.41) is 0. The van der Waals surface area contributed by atoms with Crippen molar-refractivity contribution >= 4 is 15.9 Å². The number of sulfonamides is 1. The van der Waals surface area contributed by atoms with Crippen molar-refractivity contribution in [2.45, 2.75) is 20.3 Å². The maximum atomic E-state index is 10.9. The second kappa shape index (κ2) is 3.71. The molecule has 0 unspecified atom stereocenters. The van der Waals surface area contributed by atoms with Crippen molar-refractivity contribution in [2.24, 2.45) is 0 Å². The number of rotatable bonds is 3. The minimum Gasteiger partial charge on any atom is -0.274 e. The third-order valence-corrected chi connectivity index (χ3v) is 2.42. The predicted octanol–water partition coefficient (Wildman–Crippen LogP) is 0.205. The van der Waals surface area contributed by atoms with Gasteiger partial charge in [-0.2, -0.15) is 0 Å². The highest BCUT2D eigenvalue weighted by Gasteiger charge is 2.17. The van der Waals surface area contributed by atoms with E-state index in [4.69, 9.17) is 0 Å². The smallest absolute Gasteiger partial charge is 0.234 e. The van der Waals surface area contributed by atoms with Gasteiger partial charge in [-0.25, -0.2) is 12.7 Å². The van der Waals surface area contributed by atoms with Gasteiger partial charge in [0.1, 0.15) is 0 Å². The number of hydrogen-bond acceptors (Lipinski definition) is 3. The predicted molar refractivity (Wildman–Crippen MR) is 42.5 cm³/mol. The van der Waals surface area contributed by atoms with Crippen LogP contribution < -0.4 is 0 Å². The summed E-state index contributed by atoms with van der Waals surface area (Å²) in [6.07, 6.45) is 1.68. The molecule has 0 spiro atoms. The zero-order chi connectivity index (χ0) is 9.07. The minimum atomic E-state index is -3.34.